The van der Waals surface area contributed by atoms with Gasteiger partial charge < -0.3 is 9.67 Å². The second-order valence-corrected chi connectivity index (χ2v) is 12.8. The van der Waals surface area contributed by atoms with Gasteiger partial charge in [-0.3, -0.25) is 4.79 Å². The third-order valence-corrected chi connectivity index (χ3v) is 11.1. The second-order valence-electron chi connectivity index (χ2n) is 12.8. The lowest BCUT2D eigenvalue weighted by molar-refractivity contribution is -0.145. The molecule has 0 aliphatic heterocycles. The number of carbonyl (C=O) groups is 1. The highest BCUT2D eigenvalue weighted by molar-refractivity contribution is 5.82. The lowest BCUT2D eigenvalue weighted by atomic mass is 9.44. The number of Topliss-reactive ketones (excluding diaryl/α,β-unsaturated/α-hetero) is 1. The smallest absolute Gasteiger partial charge is 0.156 e. The molecular formula is C29H40N2O2. The summed E-state index contributed by atoms with van der Waals surface area (Å²) in [6, 6.07) is 0. The molecule has 4 heteroatoms. The van der Waals surface area contributed by atoms with Crippen molar-refractivity contribution < 1.29 is 9.90 Å². The number of imidazole rings is 1. The molecule has 0 saturated heterocycles. The lowest BCUT2D eigenvalue weighted by Crippen LogP contribution is -2.56. The van der Waals surface area contributed by atoms with Gasteiger partial charge in [0.1, 0.15) is 5.60 Å². The van der Waals surface area contributed by atoms with Gasteiger partial charge in [-0.2, -0.15) is 0 Å². The summed E-state index contributed by atoms with van der Waals surface area (Å²) < 4.78 is 1.94. The Balaban J connectivity index is 1.18. The van der Waals surface area contributed by atoms with Crippen LogP contribution in [0.1, 0.15) is 84.5 Å². The van der Waals surface area contributed by atoms with Gasteiger partial charge in [-0.15, -0.1) is 0 Å². The molecule has 5 aliphatic carbocycles. The van der Waals surface area contributed by atoms with E-state index in [9.17, 15) is 9.90 Å². The molecule has 0 radical (unpaired) electrons. The van der Waals surface area contributed by atoms with Gasteiger partial charge in [0.05, 0.1) is 12.9 Å². The molecule has 8 atom stereocenters. The van der Waals surface area contributed by atoms with Crippen LogP contribution >= 0.6 is 0 Å². The molecule has 0 bridgehead atoms. The lowest BCUT2D eigenvalue weighted by Gasteiger charge is -2.61. The van der Waals surface area contributed by atoms with Gasteiger partial charge in [-0.1, -0.05) is 25.7 Å². The maximum absolute atomic E-state index is 13.3. The first-order valence-electron chi connectivity index (χ1n) is 13.5. The Bertz CT molecular complexity index is 971. The summed E-state index contributed by atoms with van der Waals surface area (Å²) in [5.41, 5.74) is -0.259. The van der Waals surface area contributed by atoms with Gasteiger partial charge >= 0.3 is 0 Å². The van der Waals surface area contributed by atoms with Gasteiger partial charge in [-0.05, 0) is 105 Å². The molecule has 33 heavy (non-hydrogen) atoms. The minimum Gasteiger partial charge on any atom is -0.378 e. The Morgan fingerprint density at radius 2 is 1.85 bits per heavy atom. The molecule has 1 aromatic heterocycles. The van der Waals surface area contributed by atoms with Crippen molar-refractivity contribution in [3.63, 3.8) is 0 Å². The first-order chi connectivity index (χ1) is 15.8. The standard InChI is InChI=1S/C29H40N2O2/c1-27-13-14-29(33,12-9-20-3-4-20)17-21(27)5-6-22-23-7-8-25(28(23,2)11-10-24(22)27)26(32)18-31-16-15-30-19-31/h15-16,19-25,33H,3-8,10-11,13-14,17-18H2,1-2H3/t21?,22?,23-,24-,25+,27-,28?,29+/m0/s1. The van der Waals surface area contributed by atoms with Crippen LogP contribution in [0.5, 0.6) is 0 Å². The maximum Gasteiger partial charge on any atom is 0.156 e. The Kier molecular flexibility index (Phi) is 5.11. The first kappa shape index (κ1) is 21.9. The molecule has 0 spiro atoms. The molecule has 1 aromatic rings. The molecule has 5 aliphatic rings. The van der Waals surface area contributed by atoms with Crippen molar-refractivity contribution >= 4 is 5.78 Å². The van der Waals surface area contributed by atoms with Gasteiger partial charge in [0.25, 0.3) is 0 Å². The normalized spacial score (nSPS) is 46.5. The van der Waals surface area contributed by atoms with Gasteiger partial charge in [-0.25, -0.2) is 4.98 Å². The van der Waals surface area contributed by atoms with Gasteiger partial charge in [0, 0.05) is 24.2 Å². The molecule has 3 unspecified atom stereocenters. The average Bonchev–Trinajstić information content (AvgIpc) is 3.35. The number of carbonyl (C=O) groups excluding carboxylic acids is 1. The third-order valence-electron chi connectivity index (χ3n) is 11.1. The minimum atomic E-state index is -0.749. The monoisotopic (exact) mass is 448 g/mol. The Hall–Kier alpha value is -1.60. The van der Waals surface area contributed by atoms with Crippen molar-refractivity contribution in [1.29, 1.82) is 0 Å². The predicted molar refractivity (Wildman–Crippen MR) is 128 cm³/mol. The van der Waals surface area contributed by atoms with Crippen molar-refractivity contribution in [2.24, 2.45) is 46.3 Å². The van der Waals surface area contributed by atoms with Crippen LogP contribution < -0.4 is 0 Å². The van der Waals surface area contributed by atoms with Gasteiger partial charge in [0.15, 0.2) is 5.78 Å². The van der Waals surface area contributed by atoms with E-state index >= 15 is 0 Å². The molecule has 5 fully saturated rings. The average molecular weight is 449 g/mol. The second kappa shape index (κ2) is 7.70. The van der Waals surface area contributed by atoms with Crippen LogP contribution in [0.2, 0.25) is 0 Å². The minimum absolute atomic E-state index is 0.160. The quantitative estimate of drug-likeness (QED) is 0.642. The number of aromatic nitrogens is 2. The maximum atomic E-state index is 13.3. The Morgan fingerprint density at radius 1 is 1.03 bits per heavy atom. The van der Waals surface area contributed by atoms with Crippen molar-refractivity contribution in [2.75, 3.05) is 0 Å². The van der Waals surface area contributed by atoms with E-state index in [1.165, 1.54) is 44.9 Å². The highest BCUT2D eigenvalue weighted by atomic mass is 16.3. The van der Waals surface area contributed by atoms with E-state index in [-0.39, 0.29) is 11.3 Å². The number of hydrogen-bond donors (Lipinski definition) is 1. The van der Waals surface area contributed by atoms with E-state index in [2.05, 4.69) is 30.7 Å². The SMILES string of the molecule is CC12CC[C@H]3C(CCC4C[C@@](O)(C#CC5CC5)CC[C@@]43C)[C@@H]1CC[C@@H]2C(=O)Cn1ccnc1. The zero-order valence-electron chi connectivity index (χ0n) is 20.4. The molecule has 4 nitrogen and oxygen atoms in total. The summed E-state index contributed by atoms with van der Waals surface area (Å²) >= 11 is 0. The van der Waals surface area contributed by atoms with E-state index in [0.717, 1.165) is 37.5 Å². The van der Waals surface area contributed by atoms with Crippen LogP contribution in [-0.4, -0.2) is 26.0 Å². The number of aliphatic hydroxyl groups is 1. The van der Waals surface area contributed by atoms with E-state index < -0.39 is 5.60 Å². The van der Waals surface area contributed by atoms with Crippen LogP contribution in [0.25, 0.3) is 0 Å². The third kappa shape index (κ3) is 3.61. The molecular weight excluding hydrogens is 408 g/mol. The summed E-state index contributed by atoms with van der Waals surface area (Å²) in [5, 5.41) is 11.3. The zero-order chi connectivity index (χ0) is 22.8. The summed E-state index contributed by atoms with van der Waals surface area (Å²) in [6.45, 7) is 5.46. The fraction of sp³-hybridized carbons (Fsp3) is 0.793. The summed E-state index contributed by atoms with van der Waals surface area (Å²) in [6.07, 6.45) is 17.9. The highest BCUT2D eigenvalue weighted by Crippen LogP contribution is 2.68. The molecule has 0 aromatic carbocycles. The molecule has 5 saturated carbocycles. The largest absolute Gasteiger partial charge is 0.378 e. The highest BCUT2D eigenvalue weighted by Gasteiger charge is 2.62. The number of hydrogen-bond acceptors (Lipinski definition) is 3. The fourth-order valence-electron chi connectivity index (χ4n) is 9.02. The van der Waals surface area contributed by atoms with Crippen LogP contribution in [0.3, 0.4) is 0 Å². The molecule has 0 amide bonds. The summed E-state index contributed by atoms with van der Waals surface area (Å²) in [7, 11) is 0. The van der Waals surface area contributed by atoms with Crippen LogP contribution in [0.15, 0.2) is 18.7 Å². The van der Waals surface area contributed by atoms with Crippen LogP contribution in [0, 0.1) is 58.2 Å². The van der Waals surface area contributed by atoms with Crippen LogP contribution in [-0.2, 0) is 11.3 Å². The Morgan fingerprint density at radius 3 is 2.61 bits per heavy atom. The molecule has 6 rings (SSSR count). The number of nitrogens with zero attached hydrogens (tertiary/aromatic N) is 2. The van der Waals surface area contributed by atoms with Crippen molar-refractivity contribution in [2.45, 2.75) is 96.6 Å². The van der Waals surface area contributed by atoms with Crippen molar-refractivity contribution in [3.8, 4) is 11.8 Å². The van der Waals surface area contributed by atoms with E-state index in [4.69, 9.17) is 0 Å². The van der Waals surface area contributed by atoms with Crippen LogP contribution in [0.4, 0.5) is 0 Å². The van der Waals surface area contributed by atoms with Crippen molar-refractivity contribution in [1.82, 2.24) is 9.55 Å². The van der Waals surface area contributed by atoms with E-state index in [0.29, 0.717) is 35.5 Å². The molecule has 178 valence electrons. The topological polar surface area (TPSA) is 55.1 Å². The van der Waals surface area contributed by atoms with Gasteiger partial charge in [0.2, 0.25) is 0 Å². The molecule has 1 N–H and O–H groups in total. The number of rotatable bonds is 3. The first-order valence-corrected chi connectivity index (χ1v) is 13.5. The fourth-order valence-corrected chi connectivity index (χ4v) is 9.02. The number of ketones is 1. The zero-order valence-corrected chi connectivity index (χ0v) is 20.4. The number of fused-ring (bicyclic) bond motifs is 5. The van der Waals surface area contributed by atoms with E-state index in [1.54, 1.807) is 12.5 Å². The van der Waals surface area contributed by atoms with Crippen molar-refractivity contribution in [3.05, 3.63) is 18.7 Å². The van der Waals surface area contributed by atoms with E-state index in [1.807, 2.05) is 10.8 Å². The summed E-state index contributed by atoms with van der Waals surface area (Å²) in [4.78, 5) is 17.4. The summed E-state index contributed by atoms with van der Waals surface area (Å²) in [5.74, 6) is 10.6. The molecule has 1 heterocycles. The Labute approximate surface area is 198 Å². The predicted octanol–water partition coefficient (Wildman–Crippen LogP) is 5.26.